The molecule has 0 atom stereocenters. The molecule has 2 heterocycles. The number of fused-ring (bicyclic) bond motifs is 1. The number of hydrogen-bond donors (Lipinski definition) is 1. The lowest BCUT2D eigenvalue weighted by atomic mass is 10.0. The summed E-state index contributed by atoms with van der Waals surface area (Å²) in [4.78, 5) is 13.0. The van der Waals surface area contributed by atoms with Gasteiger partial charge in [-0.25, -0.2) is 12.8 Å². The highest BCUT2D eigenvalue weighted by atomic mass is 35.5. The average molecular weight is 526 g/mol. The van der Waals surface area contributed by atoms with Crippen molar-refractivity contribution in [1.82, 2.24) is 9.72 Å². The Balaban J connectivity index is 1.66. The van der Waals surface area contributed by atoms with Gasteiger partial charge < -0.3 is 9.26 Å². The van der Waals surface area contributed by atoms with Crippen LogP contribution in [0.25, 0.3) is 27.7 Å². The van der Waals surface area contributed by atoms with Crippen molar-refractivity contribution in [3.63, 3.8) is 0 Å². The monoisotopic (exact) mass is 525 g/mol. The molecule has 0 bridgehead atoms. The third-order valence-electron chi connectivity index (χ3n) is 5.53. The van der Waals surface area contributed by atoms with E-state index in [1.54, 1.807) is 24.3 Å². The molecule has 11 heteroatoms. The highest BCUT2D eigenvalue weighted by Crippen LogP contribution is 2.32. The van der Waals surface area contributed by atoms with Gasteiger partial charge in [0, 0.05) is 17.5 Å². The Labute approximate surface area is 209 Å². The van der Waals surface area contributed by atoms with E-state index in [1.807, 2.05) is 0 Å². The predicted octanol–water partition coefficient (Wildman–Crippen LogP) is 5.25. The lowest BCUT2D eigenvalue weighted by Crippen LogP contribution is -2.19. The zero-order valence-corrected chi connectivity index (χ0v) is 20.2. The number of ether oxygens (including phenoxy) is 1. The van der Waals surface area contributed by atoms with Gasteiger partial charge in [-0.1, -0.05) is 28.9 Å². The van der Waals surface area contributed by atoms with Crippen molar-refractivity contribution in [1.29, 1.82) is 0 Å². The summed E-state index contributed by atoms with van der Waals surface area (Å²) in [6.07, 6.45) is 1.25. The van der Waals surface area contributed by atoms with Crippen LogP contribution in [0.5, 0.6) is 5.75 Å². The van der Waals surface area contributed by atoms with E-state index in [2.05, 4.69) is 14.4 Å². The van der Waals surface area contributed by atoms with Crippen LogP contribution in [0.3, 0.4) is 0 Å². The maximum absolute atomic E-state index is 14.1. The topological polar surface area (TPSA) is 103 Å². The Morgan fingerprint density at radius 3 is 2.50 bits per heavy atom. The second-order valence-electron chi connectivity index (χ2n) is 7.73. The zero-order chi connectivity index (χ0) is 25.4. The molecular formula is C25H17ClFN3O5S. The Bertz CT molecular complexity index is 1770. The molecule has 182 valence electrons. The lowest BCUT2D eigenvalue weighted by molar-refractivity contribution is 0.413. The van der Waals surface area contributed by atoms with Crippen LogP contribution in [-0.2, 0) is 10.0 Å². The van der Waals surface area contributed by atoms with Crippen molar-refractivity contribution in [3.05, 3.63) is 100 Å². The summed E-state index contributed by atoms with van der Waals surface area (Å²) in [5.74, 6) is -0.130. The second kappa shape index (κ2) is 9.14. The third kappa shape index (κ3) is 4.32. The molecule has 5 aromatic rings. The fourth-order valence-corrected chi connectivity index (χ4v) is 4.97. The van der Waals surface area contributed by atoms with E-state index in [0.29, 0.717) is 33.5 Å². The van der Waals surface area contributed by atoms with Gasteiger partial charge in [0.1, 0.15) is 17.8 Å². The first-order valence-electron chi connectivity index (χ1n) is 10.5. The molecule has 0 unspecified atom stereocenters. The number of sulfonamides is 1. The maximum Gasteiger partial charge on any atom is 0.263 e. The van der Waals surface area contributed by atoms with Crippen LogP contribution in [0, 0.1) is 5.82 Å². The molecule has 0 fully saturated rings. The van der Waals surface area contributed by atoms with Gasteiger partial charge >= 0.3 is 0 Å². The number of nitrogens with zero attached hydrogens (tertiary/aromatic N) is 2. The number of hydrogen-bond acceptors (Lipinski definition) is 6. The van der Waals surface area contributed by atoms with Gasteiger partial charge in [0.05, 0.1) is 28.2 Å². The summed E-state index contributed by atoms with van der Waals surface area (Å²) < 4.78 is 53.6. The molecule has 5 rings (SSSR count). The molecule has 0 aliphatic heterocycles. The fraction of sp³-hybridized carbons (Fsp3) is 0.0400. The Morgan fingerprint density at radius 1 is 1.00 bits per heavy atom. The Morgan fingerprint density at radius 2 is 1.78 bits per heavy atom. The van der Waals surface area contributed by atoms with Crippen LogP contribution in [0.15, 0.2) is 93.3 Å². The van der Waals surface area contributed by atoms with Gasteiger partial charge in [-0.05, 0) is 59.7 Å². The van der Waals surface area contributed by atoms with Crippen molar-refractivity contribution >= 4 is 38.3 Å². The second-order valence-corrected chi connectivity index (χ2v) is 9.82. The van der Waals surface area contributed by atoms with Crippen molar-refractivity contribution in [2.24, 2.45) is 0 Å². The molecule has 8 nitrogen and oxygen atoms in total. The van der Waals surface area contributed by atoms with Gasteiger partial charge in [-0.15, -0.1) is 0 Å². The Kier molecular flexibility index (Phi) is 5.99. The summed E-state index contributed by atoms with van der Waals surface area (Å²) in [7, 11) is -2.49. The number of anilines is 1. The third-order valence-corrected chi connectivity index (χ3v) is 7.18. The molecule has 1 N–H and O–H groups in total. The first-order valence-corrected chi connectivity index (χ1v) is 12.4. The molecule has 0 radical (unpaired) electrons. The standard InChI is InChI=1S/C25H17ClFN3O5S/c1-34-23-8-3-16(15-2-6-19(26)20(27)13-15)14-22(23)30-21-7-5-18(12-17(21)4-9-25(30)31)36(32,33)29-24-10-11-35-28-24/h2-14H,1H3,(H,28,29). The predicted molar refractivity (Wildman–Crippen MR) is 134 cm³/mol. The first kappa shape index (κ1) is 23.6. The van der Waals surface area contributed by atoms with Crippen molar-refractivity contribution < 1.29 is 22.1 Å². The van der Waals surface area contributed by atoms with Gasteiger partial charge in [0.2, 0.25) is 0 Å². The first-order chi connectivity index (χ1) is 17.3. The normalized spacial score (nSPS) is 11.5. The lowest BCUT2D eigenvalue weighted by Gasteiger charge is -2.16. The molecular weight excluding hydrogens is 509 g/mol. The largest absolute Gasteiger partial charge is 0.495 e. The number of halogens is 2. The van der Waals surface area contributed by atoms with Crippen molar-refractivity contribution in [2.45, 2.75) is 4.90 Å². The highest BCUT2D eigenvalue weighted by molar-refractivity contribution is 7.92. The minimum atomic E-state index is -3.96. The minimum Gasteiger partial charge on any atom is -0.495 e. The molecule has 0 aliphatic carbocycles. The number of aromatic nitrogens is 2. The number of pyridine rings is 1. The SMILES string of the molecule is COc1ccc(-c2ccc(Cl)c(F)c2)cc1-n1c(=O)ccc2cc(S(=O)(=O)Nc3ccon3)ccc21. The molecule has 3 aromatic carbocycles. The van der Waals surface area contributed by atoms with Gasteiger partial charge in [0.25, 0.3) is 15.6 Å². The number of benzene rings is 3. The van der Waals surface area contributed by atoms with Crippen LogP contribution >= 0.6 is 11.6 Å². The minimum absolute atomic E-state index is 0.00144. The summed E-state index contributed by atoms with van der Waals surface area (Å²) in [5, 5.41) is 4.05. The van der Waals surface area contributed by atoms with E-state index in [-0.39, 0.29) is 21.3 Å². The molecule has 36 heavy (non-hydrogen) atoms. The van der Waals surface area contributed by atoms with E-state index < -0.39 is 15.8 Å². The number of methoxy groups -OCH3 is 1. The molecule has 0 amide bonds. The highest BCUT2D eigenvalue weighted by Gasteiger charge is 2.18. The quantitative estimate of drug-likeness (QED) is 0.325. The average Bonchev–Trinajstić information content (AvgIpc) is 3.37. The Hall–Kier alpha value is -4.15. The van der Waals surface area contributed by atoms with Crippen molar-refractivity contribution in [3.8, 4) is 22.6 Å². The maximum atomic E-state index is 14.1. The molecule has 2 aromatic heterocycles. The van der Waals surface area contributed by atoms with Crippen LogP contribution in [0.1, 0.15) is 0 Å². The van der Waals surface area contributed by atoms with Crippen molar-refractivity contribution in [2.75, 3.05) is 11.8 Å². The van der Waals surface area contributed by atoms with Gasteiger partial charge in [0.15, 0.2) is 5.82 Å². The summed E-state index contributed by atoms with van der Waals surface area (Å²) >= 11 is 5.82. The van der Waals surface area contributed by atoms with E-state index in [1.165, 1.54) is 66.5 Å². The smallest absolute Gasteiger partial charge is 0.263 e. The van der Waals surface area contributed by atoms with E-state index in [9.17, 15) is 17.6 Å². The van der Waals surface area contributed by atoms with Crippen LogP contribution < -0.4 is 15.0 Å². The summed E-state index contributed by atoms with van der Waals surface area (Å²) in [6, 6.07) is 18.1. The van der Waals surface area contributed by atoms with Crippen LogP contribution in [0.2, 0.25) is 5.02 Å². The van der Waals surface area contributed by atoms with E-state index in [4.69, 9.17) is 16.3 Å². The molecule has 0 saturated heterocycles. The van der Waals surface area contributed by atoms with Crippen LogP contribution in [-0.4, -0.2) is 25.3 Å². The molecule has 0 aliphatic rings. The van der Waals surface area contributed by atoms with Gasteiger partial charge in [-0.3, -0.25) is 14.1 Å². The number of nitrogens with one attached hydrogen (secondary N) is 1. The molecule has 0 spiro atoms. The van der Waals surface area contributed by atoms with Gasteiger partial charge in [-0.2, -0.15) is 0 Å². The van der Waals surface area contributed by atoms with E-state index >= 15 is 0 Å². The molecule has 0 saturated carbocycles. The number of rotatable bonds is 6. The summed E-state index contributed by atoms with van der Waals surface area (Å²) in [5.41, 5.74) is 1.66. The fourth-order valence-electron chi connectivity index (χ4n) is 3.82. The zero-order valence-electron chi connectivity index (χ0n) is 18.6. The van der Waals surface area contributed by atoms with E-state index in [0.717, 1.165) is 0 Å². The summed E-state index contributed by atoms with van der Waals surface area (Å²) in [6.45, 7) is 0. The van der Waals surface area contributed by atoms with Crippen LogP contribution in [0.4, 0.5) is 10.2 Å².